The van der Waals surface area contributed by atoms with Crippen LogP contribution in [0.15, 0.2) is 58.0 Å². The monoisotopic (exact) mass is 413 g/mol. The van der Waals surface area contributed by atoms with E-state index in [9.17, 15) is 18.0 Å². The van der Waals surface area contributed by atoms with Crippen molar-refractivity contribution in [1.29, 1.82) is 0 Å². The number of hydrazine groups is 2. The van der Waals surface area contributed by atoms with Crippen LogP contribution in [0.3, 0.4) is 0 Å². The van der Waals surface area contributed by atoms with Gasteiger partial charge in [0.2, 0.25) is 0 Å². The summed E-state index contributed by atoms with van der Waals surface area (Å²) in [4.78, 5) is 28.8. The highest BCUT2D eigenvalue weighted by molar-refractivity contribution is 9.10. The Morgan fingerprint density at radius 3 is 2.25 bits per heavy atom. The van der Waals surface area contributed by atoms with Gasteiger partial charge in [0.05, 0.1) is 4.90 Å². The zero-order valence-corrected chi connectivity index (χ0v) is 14.4. The van der Waals surface area contributed by atoms with Gasteiger partial charge in [0.25, 0.3) is 10.0 Å². The van der Waals surface area contributed by atoms with Gasteiger partial charge in [-0.3, -0.25) is 25.9 Å². The van der Waals surface area contributed by atoms with Crippen molar-refractivity contribution in [2.45, 2.75) is 4.90 Å². The van der Waals surface area contributed by atoms with Gasteiger partial charge < -0.3 is 0 Å². The molecule has 0 aliphatic carbocycles. The molecule has 0 fully saturated rings. The number of aromatic nitrogens is 1. The molecule has 0 atom stereocenters. The fourth-order valence-corrected chi connectivity index (χ4v) is 2.56. The molecule has 0 aliphatic rings. The number of amides is 2. The molecule has 0 aliphatic heterocycles. The smallest absolute Gasteiger partial charge is 0.281 e. The third kappa shape index (κ3) is 5.01. The summed E-state index contributed by atoms with van der Waals surface area (Å²) in [6, 6.07) is 10.6. The highest BCUT2D eigenvalue weighted by Crippen LogP contribution is 2.13. The van der Waals surface area contributed by atoms with E-state index in [4.69, 9.17) is 0 Å². The Labute approximate surface area is 146 Å². The lowest BCUT2D eigenvalue weighted by atomic mass is 10.4. The molecule has 0 saturated carbocycles. The summed E-state index contributed by atoms with van der Waals surface area (Å²) in [5.74, 6) is -1.98. The Morgan fingerprint density at radius 2 is 1.62 bits per heavy atom. The van der Waals surface area contributed by atoms with Gasteiger partial charge in [0.1, 0.15) is 5.82 Å². The summed E-state index contributed by atoms with van der Waals surface area (Å²) in [7, 11) is -3.99. The third-order valence-corrected chi connectivity index (χ3v) is 4.39. The van der Waals surface area contributed by atoms with Crippen molar-refractivity contribution >= 4 is 43.6 Å². The molecule has 4 N–H and O–H groups in total. The number of hydrogen-bond donors (Lipinski definition) is 4. The van der Waals surface area contributed by atoms with Crippen molar-refractivity contribution in [2.24, 2.45) is 0 Å². The molecule has 0 saturated heterocycles. The average molecular weight is 414 g/mol. The van der Waals surface area contributed by atoms with Crippen LogP contribution >= 0.6 is 15.9 Å². The number of pyridine rings is 1. The average Bonchev–Trinajstić information content (AvgIpc) is 2.59. The molecule has 2 amide bonds. The largest absolute Gasteiger partial charge is 0.329 e. The third-order valence-electron chi connectivity index (χ3n) is 2.60. The van der Waals surface area contributed by atoms with Gasteiger partial charge in [-0.2, -0.15) is 0 Å². The fourth-order valence-electron chi connectivity index (χ4n) is 1.46. The Balaban J connectivity index is 1.87. The lowest BCUT2D eigenvalue weighted by Gasteiger charge is -2.09. The molecular weight excluding hydrogens is 402 g/mol. The van der Waals surface area contributed by atoms with Gasteiger partial charge in [-0.25, -0.2) is 13.4 Å². The number of nitrogens with one attached hydrogen (secondary N) is 4. The lowest BCUT2D eigenvalue weighted by Crippen LogP contribution is -2.49. The van der Waals surface area contributed by atoms with Crippen LogP contribution in [0.1, 0.15) is 0 Å². The van der Waals surface area contributed by atoms with E-state index >= 15 is 0 Å². The molecule has 0 unspecified atom stereocenters. The topological polar surface area (TPSA) is 129 Å². The first kappa shape index (κ1) is 17.8. The van der Waals surface area contributed by atoms with E-state index in [0.717, 1.165) is 0 Å². The van der Waals surface area contributed by atoms with Gasteiger partial charge in [0, 0.05) is 10.7 Å². The number of anilines is 1. The minimum Gasteiger partial charge on any atom is -0.281 e. The Hall–Kier alpha value is -2.50. The van der Waals surface area contributed by atoms with Crippen molar-refractivity contribution < 1.29 is 18.0 Å². The SMILES string of the molecule is O=C(NNc1ccccn1)C(=O)NNS(=O)(=O)c1ccc(Br)cc1. The zero-order chi connectivity index (χ0) is 17.6. The van der Waals surface area contributed by atoms with Crippen LogP contribution in [0.2, 0.25) is 0 Å². The standard InChI is InChI=1S/C13H12BrN5O4S/c14-9-4-6-10(7-5-9)24(22,23)19-18-13(21)12(20)17-16-11-3-1-2-8-15-11/h1-8,19H,(H,15,16)(H,17,20)(H,18,21). The number of rotatable bonds is 5. The maximum atomic E-state index is 12.0. The molecule has 126 valence electrons. The number of hydrogen-bond acceptors (Lipinski definition) is 6. The zero-order valence-electron chi connectivity index (χ0n) is 12.0. The van der Waals surface area contributed by atoms with Crippen LogP contribution in [0.25, 0.3) is 0 Å². The van der Waals surface area contributed by atoms with Gasteiger partial charge in [-0.05, 0) is 36.4 Å². The minimum absolute atomic E-state index is 0.0713. The maximum absolute atomic E-state index is 12.0. The second kappa shape index (κ2) is 7.86. The Kier molecular flexibility index (Phi) is 5.84. The molecule has 0 radical (unpaired) electrons. The first-order valence-electron chi connectivity index (χ1n) is 6.43. The number of carbonyl (C=O) groups is 2. The highest BCUT2D eigenvalue weighted by atomic mass is 79.9. The molecule has 9 nitrogen and oxygen atoms in total. The predicted molar refractivity (Wildman–Crippen MR) is 88.6 cm³/mol. The lowest BCUT2D eigenvalue weighted by molar-refractivity contribution is -0.139. The predicted octanol–water partition coefficient (Wildman–Crippen LogP) is 0.297. The molecule has 2 aromatic rings. The summed E-state index contributed by atoms with van der Waals surface area (Å²) < 4.78 is 24.6. The molecule has 24 heavy (non-hydrogen) atoms. The minimum atomic E-state index is -3.99. The number of halogens is 1. The first-order chi connectivity index (χ1) is 11.4. The number of sulfonamides is 1. The number of nitrogens with zero attached hydrogens (tertiary/aromatic N) is 1. The van der Waals surface area contributed by atoms with E-state index in [0.29, 0.717) is 10.3 Å². The van der Waals surface area contributed by atoms with Crippen LogP contribution in [-0.2, 0) is 19.6 Å². The molecule has 0 spiro atoms. The van der Waals surface area contributed by atoms with Gasteiger partial charge in [0.15, 0.2) is 0 Å². The van der Waals surface area contributed by atoms with Crippen LogP contribution < -0.4 is 21.1 Å². The van der Waals surface area contributed by atoms with Crippen LogP contribution in [0, 0.1) is 0 Å². The van der Waals surface area contributed by atoms with E-state index in [2.05, 4.69) is 31.8 Å². The van der Waals surface area contributed by atoms with E-state index in [1.807, 2.05) is 10.3 Å². The number of benzene rings is 1. The molecular formula is C13H12BrN5O4S. The van der Waals surface area contributed by atoms with Crippen molar-refractivity contribution in [2.75, 3.05) is 5.43 Å². The highest BCUT2D eigenvalue weighted by Gasteiger charge is 2.18. The van der Waals surface area contributed by atoms with E-state index < -0.39 is 21.8 Å². The van der Waals surface area contributed by atoms with Crippen molar-refractivity contribution in [3.63, 3.8) is 0 Å². The van der Waals surface area contributed by atoms with Crippen LogP contribution in [0.4, 0.5) is 5.82 Å². The first-order valence-corrected chi connectivity index (χ1v) is 8.71. The molecule has 2 rings (SSSR count). The van der Waals surface area contributed by atoms with E-state index in [-0.39, 0.29) is 4.90 Å². The van der Waals surface area contributed by atoms with Crippen molar-refractivity contribution in [1.82, 2.24) is 20.7 Å². The van der Waals surface area contributed by atoms with E-state index in [1.54, 1.807) is 18.2 Å². The second-order valence-electron chi connectivity index (χ2n) is 4.31. The Bertz CT molecular complexity index is 827. The van der Waals surface area contributed by atoms with Gasteiger partial charge >= 0.3 is 11.8 Å². The summed E-state index contributed by atoms with van der Waals surface area (Å²) in [6.07, 6.45) is 1.49. The van der Waals surface area contributed by atoms with Crippen LogP contribution in [0.5, 0.6) is 0 Å². The second-order valence-corrected chi connectivity index (χ2v) is 6.91. The summed E-state index contributed by atoms with van der Waals surface area (Å²) in [5, 5.41) is 0. The number of carbonyl (C=O) groups excluding carboxylic acids is 2. The van der Waals surface area contributed by atoms with Crippen molar-refractivity contribution in [3.8, 4) is 0 Å². The van der Waals surface area contributed by atoms with Gasteiger partial charge in [-0.15, -0.1) is 4.83 Å². The summed E-state index contributed by atoms with van der Waals surface area (Å²) in [6.45, 7) is 0. The quantitative estimate of drug-likeness (QED) is 0.412. The maximum Gasteiger partial charge on any atom is 0.329 e. The normalized spacial score (nSPS) is 10.7. The fraction of sp³-hybridized carbons (Fsp3) is 0. The molecule has 1 heterocycles. The molecule has 1 aromatic heterocycles. The van der Waals surface area contributed by atoms with Crippen LogP contribution in [-0.4, -0.2) is 25.2 Å². The van der Waals surface area contributed by atoms with Crippen molar-refractivity contribution in [3.05, 3.63) is 53.1 Å². The summed E-state index contributed by atoms with van der Waals surface area (Å²) >= 11 is 3.18. The molecule has 1 aromatic carbocycles. The molecule has 11 heteroatoms. The summed E-state index contributed by atoms with van der Waals surface area (Å²) in [5.41, 5.74) is 6.30. The van der Waals surface area contributed by atoms with Gasteiger partial charge in [-0.1, -0.05) is 22.0 Å². The Morgan fingerprint density at radius 1 is 0.958 bits per heavy atom. The van der Waals surface area contributed by atoms with E-state index in [1.165, 1.54) is 30.5 Å². The molecule has 0 bridgehead atoms.